The molecule has 5 rings (SSSR count). The Bertz CT molecular complexity index is 1200. The standard InChI is InChI=1S/C20H17N5O3/c26-19(13-24-17-8-4-5-9-18(17)28-20(24)27)23-10-15(11-23)25-12-16(21-22-25)14-6-2-1-3-7-14/h1-9,12,15H,10-11,13H2. The van der Waals surface area contributed by atoms with Crippen molar-refractivity contribution in [2.45, 2.75) is 12.6 Å². The molecule has 2 aromatic carbocycles. The molecule has 0 radical (unpaired) electrons. The molecule has 140 valence electrons. The first-order chi connectivity index (χ1) is 13.7. The van der Waals surface area contributed by atoms with Crippen LogP contribution in [0.2, 0.25) is 0 Å². The SMILES string of the molecule is O=C(Cn1c(=O)oc2ccccc21)N1CC(n2cc(-c3ccccc3)nn2)C1. The topological polar surface area (TPSA) is 86.2 Å². The van der Waals surface area contributed by atoms with Crippen LogP contribution in [0.5, 0.6) is 0 Å². The molecule has 1 amide bonds. The van der Waals surface area contributed by atoms with Gasteiger partial charge in [-0.1, -0.05) is 47.7 Å². The first-order valence-corrected chi connectivity index (χ1v) is 9.02. The monoisotopic (exact) mass is 375 g/mol. The molecule has 0 bridgehead atoms. The number of likely N-dealkylation sites (tertiary alicyclic amines) is 1. The fraction of sp³-hybridized carbons (Fsp3) is 0.200. The Hall–Kier alpha value is -3.68. The highest BCUT2D eigenvalue weighted by Gasteiger charge is 2.33. The fourth-order valence-corrected chi connectivity index (χ4v) is 3.42. The first kappa shape index (κ1) is 16.5. The minimum absolute atomic E-state index is 0.0326. The number of carbonyl (C=O) groups excluding carboxylic acids is 1. The molecule has 8 heteroatoms. The van der Waals surface area contributed by atoms with Crippen molar-refractivity contribution in [2.75, 3.05) is 13.1 Å². The predicted molar refractivity (Wildman–Crippen MR) is 102 cm³/mol. The third kappa shape index (κ3) is 2.79. The van der Waals surface area contributed by atoms with E-state index >= 15 is 0 Å². The molecular weight excluding hydrogens is 358 g/mol. The minimum Gasteiger partial charge on any atom is -0.408 e. The van der Waals surface area contributed by atoms with Crippen molar-refractivity contribution in [2.24, 2.45) is 0 Å². The summed E-state index contributed by atoms with van der Waals surface area (Å²) in [5.74, 6) is -0.635. The molecule has 1 fully saturated rings. The Morgan fingerprint density at radius 1 is 1.07 bits per heavy atom. The molecule has 8 nitrogen and oxygen atoms in total. The van der Waals surface area contributed by atoms with E-state index in [1.54, 1.807) is 27.8 Å². The van der Waals surface area contributed by atoms with Gasteiger partial charge < -0.3 is 9.32 Å². The molecule has 1 aliphatic rings. The number of nitrogens with zero attached hydrogens (tertiary/aromatic N) is 5. The summed E-state index contributed by atoms with van der Waals surface area (Å²) >= 11 is 0. The number of rotatable bonds is 4. The molecule has 0 atom stereocenters. The smallest absolute Gasteiger partial charge is 0.408 e. The van der Waals surface area contributed by atoms with Gasteiger partial charge in [0.15, 0.2) is 5.58 Å². The van der Waals surface area contributed by atoms with E-state index in [-0.39, 0.29) is 18.5 Å². The predicted octanol–water partition coefficient (Wildman–Crippen LogP) is 1.94. The summed E-state index contributed by atoms with van der Waals surface area (Å²) in [6.45, 7) is 1.05. The van der Waals surface area contributed by atoms with Gasteiger partial charge in [-0.2, -0.15) is 0 Å². The normalized spacial score (nSPS) is 14.4. The van der Waals surface area contributed by atoms with E-state index in [4.69, 9.17) is 4.42 Å². The number of hydrogen-bond donors (Lipinski definition) is 0. The minimum atomic E-state index is -0.518. The maximum Gasteiger partial charge on any atom is 0.420 e. The van der Waals surface area contributed by atoms with Crippen LogP contribution >= 0.6 is 0 Å². The van der Waals surface area contributed by atoms with Gasteiger partial charge in [0.2, 0.25) is 5.91 Å². The van der Waals surface area contributed by atoms with Gasteiger partial charge in [-0.15, -0.1) is 5.10 Å². The van der Waals surface area contributed by atoms with Crippen molar-refractivity contribution in [3.8, 4) is 11.3 Å². The molecule has 2 aromatic heterocycles. The lowest BCUT2D eigenvalue weighted by Gasteiger charge is -2.38. The number of fused-ring (bicyclic) bond motifs is 1. The van der Waals surface area contributed by atoms with Crippen molar-refractivity contribution in [1.82, 2.24) is 24.5 Å². The van der Waals surface area contributed by atoms with E-state index in [1.165, 1.54) is 4.57 Å². The Morgan fingerprint density at radius 2 is 1.82 bits per heavy atom. The summed E-state index contributed by atoms with van der Waals surface area (Å²) < 4.78 is 8.35. The summed E-state index contributed by atoms with van der Waals surface area (Å²) in [6.07, 6.45) is 1.90. The van der Waals surface area contributed by atoms with Gasteiger partial charge in [-0.3, -0.25) is 9.36 Å². The average molecular weight is 375 g/mol. The third-order valence-electron chi connectivity index (χ3n) is 5.04. The average Bonchev–Trinajstić information content (AvgIpc) is 3.27. The Morgan fingerprint density at radius 3 is 2.64 bits per heavy atom. The maximum absolute atomic E-state index is 12.6. The summed E-state index contributed by atoms with van der Waals surface area (Å²) in [6, 6.07) is 17.0. The summed E-state index contributed by atoms with van der Waals surface area (Å²) in [5.41, 5.74) is 2.92. The molecule has 0 N–H and O–H groups in total. The highest BCUT2D eigenvalue weighted by Crippen LogP contribution is 2.23. The lowest BCUT2D eigenvalue weighted by molar-refractivity contribution is -0.137. The second-order valence-corrected chi connectivity index (χ2v) is 6.82. The highest BCUT2D eigenvalue weighted by molar-refractivity contribution is 5.80. The van der Waals surface area contributed by atoms with E-state index in [9.17, 15) is 9.59 Å². The van der Waals surface area contributed by atoms with Gasteiger partial charge in [0.25, 0.3) is 0 Å². The van der Waals surface area contributed by atoms with Gasteiger partial charge in [0.05, 0.1) is 17.8 Å². The van der Waals surface area contributed by atoms with E-state index < -0.39 is 5.76 Å². The molecule has 1 aliphatic heterocycles. The molecule has 1 saturated heterocycles. The Kier molecular flexibility index (Phi) is 3.82. The first-order valence-electron chi connectivity index (χ1n) is 9.02. The number of carbonyl (C=O) groups is 1. The van der Waals surface area contributed by atoms with Crippen molar-refractivity contribution < 1.29 is 9.21 Å². The van der Waals surface area contributed by atoms with Gasteiger partial charge in [0.1, 0.15) is 12.2 Å². The number of oxazole rings is 1. The van der Waals surface area contributed by atoms with Crippen molar-refractivity contribution in [1.29, 1.82) is 0 Å². The Labute approximate surface area is 159 Å². The van der Waals surface area contributed by atoms with Crippen molar-refractivity contribution in [3.63, 3.8) is 0 Å². The maximum atomic E-state index is 12.6. The zero-order valence-corrected chi connectivity index (χ0v) is 14.9. The number of hydrogen-bond acceptors (Lipinski definition) is 5. The van der Waals surface area contributed by atoms with Crippen molar-refractivity contribution in [3.05, 3.63) is 71.3 Å². The largest absolute Gasteiger partial charge is 0.420 e. The quantitative estimate of drug-likeness (QED) is 0.544. The van der Waals surface area contributed by atoms with E-state index in [1.807, 2.05) is 42.6 Å². The third-order valence-corrected chi connectivity index (χ3v) is 5.04. The van der Waals surface area contributed by atoms with Gasteiger partial charge in [-0.05, 0) is 12.1 Å². The second-order valence-electron chi connectivity index (χ2n) is 6.82. The summed E-state index contributed by atoms with van der Waals surface area (Å²) in [7, 11) is 0. The van der Waals surface area contributed by atoms with Crippen LogP contribution in [-0.2, 0) is 11.3 Å². The van der Waals surface area contributed by atoms with Gasteiger partial charge >= 0.3 is 5.76 Å². The molecule has 0 saturated carbocycles. The van der Waals surface area contributed by atoms with E-state index in [2.05, 4.69) is 10.3 Å². The fourth-order valence-electron chi connectivity index (χ4n) is 3.42. The van der Waals surface area contributed by atoms with Crippen LogP contribution < -0.4 is 5.76 Å². The van der Waals surface area contributed by atoms with Crippen LogP contribution in [0.4, 0.5) is 0 Å². The number of benzene rings is 2. The van der Waals surface area contributed by atoms with Crippen LogP contribution in [0.1, 0.15) is 6.04 Å². The lowest BCUT2D eigenvalue weighted by atomic mass is 10.1. The molecule has 3 heterocycles. The van der Waals surface area contributed by atoms with Crippen LogP contribution in [0, 0.1) is 0 Å². The number of para-hydroxylation sites is 2. The zero-order valence-electron chi connectivity index (χ0n) is 14.9. The summed E-state index contributed by atoms with van der Waals surface area (Å²) in [5, 5.41) is 8.42. The zero-order chi connectivity index (χ0) is 19.1. The van der Waals surface area contributed by atoms with Crippen LogP contribution in [-0.4, -0.2) is 43.5 Å². The van der Waals surface area contributed by atoms with Crippen LogP contribution in [0.25, 0.3) is 22.4 Å². The molecular formula is C20H17N5O3. The molecule has 0 aliphatic carbocycles. The number of aromatic nitrogens is 4. The van der Waals surface area contributed by atoms with E-state index in [0.717, 1.165) is 11.3 Å². The summed E-state index contributed by atoms with van der Waals surface area (Å²) in [4.78, 5) is 26.3. The van der Waals surface area contributed by atoms with Crippen LogP contribution in [0.15, 0.2) is 70.0 Å². The Balaban J connectivity index is 1.26. The van der Waals surface area contributed by atoms with Gasteiger partial charge in [-0.25, -0.2) is 9.48 Å². The highest BCUT2D eigenvalue weighted by atomic mass is 16.4. The molecule has 4 aromatic rings. The van der Waals surface area contributed by atoms with E-state index in [0.29, 0.717) is 24.2 Å². The number of amides is 1. The molecule has 0 unspecified atom stereocenters. The molecule has 0 spiro atoms. The van der Waals surface area contributed by atoms with Crippen LogP contribution in [0.3, 0.4) is 0 Å². The molecule has 28 heavy (non-hydrogen) atoms. The van der Waals surface area contributed by atoms with Gasteiger partial charge in [0, 0.05) is 18.7 Å². The van der Waals surface area contributed by atoms with Crippen molar-refractivity contribution >= 4 is 17.0 Å². The second kappa shape index (κ2) is 6.49. The lowest BCUT2D eigenvalue weighted by Crippen LogP contribution is -2.52.